The Morgan fingerprint density at radius 3 is 1.44 bits per heavy atom. The topological polar surface area (TPSA) is 128 Å². The minimum absolute atomic E-state index is 0. The molecule has 0 unspecified atom stereocenters. The number of hydrogen-bond donors (Lipinski definition) is 0. The first kappa shape index (κ1) is 20.1. The van der Waals surface area contributed by atoms with Crippen molar-refractivity contribution < 1.29 is 40.9 Å². The zero-order chi connectivity index (χ0) is 13.7. The predicted molar refractivity (Wildman–Crippen MR) is 69.4 cm³/mol. The van der Waals surface area contributed by atoms with Crippen LogP contribution in [0, 0.1) is 5.41 Å². The third kappa shape index (κ3) is 5.18. The van der Waals surface area contributed by atoms with Crippen LogP contribution >= 0.6 is 0 Å². The van der Waals surface area contributed by atoms with Gasteiger partial charge in [0.2, 0.25) is 0 Å². The molecule has 0 heterocycles. The molecule has 0 saturated heterocycles. The second kappa shape index (κ2) is 8.04. The van der Waals surface area contributed by atoms with Crippen LogP contribution in [0.2, 0.25) is 13.1 Å². The maximum Gasteiger partial charge on any atom is 4.00 e. The molecule has 1 aliphatic carbocycles. The van der Waals surface area contributed by atoms with Gasteiger partial charge in [0.05, 0.1) is 0 Å². The molecular formula is C10H22N2O4PtSi+4. The van der Waals surface area contributed by atoms with Gasteiger partial charge >= 0.3 is 33.0 Å². The Morgan fingerprint density at radius 2 is 1.44 bits per heavy atom. The molecule has 0 bridgehead atoms. The Balaban J connectivity index is 0. The molecule has 106 valence electrons. The molecule has 6 N–H and O–H groups in total. The second-order valence-corrected chi connectivity index (χ2v) is 10.1. The van der Waals surface area contributed by atoms with E-state index in [1.165, 1.54) is 0 Å². The largest absolute Gasteiger partial charge is 4.00 e. The van der Waals surface area contributed by atoms with Gasteiger partial charge in [-0.1, -0.05) is 13.1 Å². The molecule has 8 heteroatoms. The van der Waals surface area contributed by atoms with Gasteiger partial charge in [0.25, 0.3) is 5.41 Å². The molecule has 1 aliphatic rings. The van der Waals surface area contributed by atoms with Crippen LogP contribution in [0.5, 0.6) is 0 Å². The molecule has 1 rings (SSSR count). The van der Waals surface area contributed by atoms with Crippen molar-refractivity contribution >= 4 is 20.0 Å². The van der Waals surface area contributed by atoms with Gasteiger partial charge < -0.3 is 21.7 Å². The molecule has 1 fully saturated rings. The van der Waals surface area contributed by atoms with Crippen molar-refractivity contribution in [3.05, 3.63) is 11.5 Å². The van der Waals surface area contributed by atoms with Gasteiger partial charge in [-0.2, -0.15) is 12.3 Å². The summed E-state index contributed by atoms with van der Waals surface area (Å²) in [7, 11) is -1.32. The maximum atomic E-state index is 10.5. The fourth-order valence-corrected chi connectivity index (χ4v) is 1.28. The summed E-state index contributed by atoms with van der Waals surface area (Å²) >= 11 is 0. The summed E-state index contributed by atoms with van der Waals surface area (Å²) in [6, 6.07) is 0. The Morgan fingerprint density at radius 1 is 1.11 bits per heavy atom. The number of hydrogen-bond acceptors (Lipinski definition) is 2. The molecule has 1 saturated carbocycles. The zero-order valence-electron chi connectivity index (χ0n) is 10.7. The van der Waals surface area contributed by atoms with Gasteiger partial charge in [-0.05, 0) is 19.3 Å². The monoisotopic (exact) mass is 457 g/mol. The molecule has 0 aromatic carbocycles. The minimum atomic E-state index is -1.32. The molecular weight excluding hydrogens is 435 g/mol. The van der Waals surface area contributed by atoms with Crippen LogP contribution in [-0.2, 0) is 30.7 Å². The Labute approximate surface area is 122 Å². The van der Waals surface area contributed by atoms with Gasteiger partial charge in [-0.3, -0.25) is 0 Å². The normalized spacial score (nSPS) is 16.4. The van der Waals surface area contributed by atoms with Crippen LogP contribution in [0.1, 0.15) is 19.3 Å². The van der Waals surface area contributed by atoms with E-state index in [4.69, 9.17) is 21.7 Å². The van der Waals surface area contributed by atoms with E-state index in [9.17, 15) is 9.59 Å². The summed E-state index contributed by atoms with van der Waals surface area (Å²) in [5.74, 6) is -1.78. The molecule has 0 amide bonds. The van der Waals surface area contributed by atoms with Crippen LogP contribution in [0.3, 0.4) is 0 Å². The minimum Gasteiger partial charge on any atom is -0.680 e. The Kier molecular flexibility index (Phi) is 8.97. The summed E-state index contributed by atoms with van der Waals surface area (Å²) < 4.78 is 0. The predicted octanol–water partition coefficient (Wildman–Crippen LogP) is 0.534. The second-order valence-electron chi connectivity index (χ2n) is 5.11. The molecule has 18 heavy (non-hydrogen) atoms. The third-order valence-electron chi connectivity index (χ3n) is 3.03. The van der Waals surface area contributed by atoms with Gasteiger partial charge in [0, 0.05) is 17.7 Å². The van der Waals surface area contributed by atoms with E-state index < -0.39 is 25.4 Å². The van der Waals surface area contributed by atoms with E-state index in [0.717, 1.165) is 6.42 Å². The zero-order valence-corrected chi connectivity index (χ0v) is 13.9. The molecule has 0 aromatic rings. The molecule has 0 atom stereocenters. The number of carbonyl (C=O) groups is 2. The van der Waals surface area contributed by atoms with Crippen molar-refractivity contribution in [2.24, 2.45) is 5.41 Å². The van der Waals surface area contributed by atoms with Crippen molar-refractivity contribution in [3.8, 4) is 0 Å². The quantitative estimate of drug-likeness (QED) is 0.347. The molecule has 6 nitrogen and oxygen atoms in total. The van der Waals surface area contributed by atoms with Crippen molar-refractivity contribution in [1.29, 1.82) is 0 Å². The standard InChI is InChI=1S/C6H8O4.C4H12N2Si.Pt/c7-4(8)6(5(9)10)2-1-3-6;1-7(2,3-5)4-6;/h1-3H2,(H,7,8)(H,9,10);5-6H,3-4H2,1-2H3;/q;-2;+4/p+2. The summed E-state index contributed by atoms with van der Waals surface area (Å²) in [4.78, 5) is 21.0. The number of nitrogens with one attached hydrogen (secondary N) is 2. The van der Waals surface area contributed by atoms with Crippen molar-refractivity contribution in [2.75, 3.05) is 12.3 Å². The van der Waals surface area contributed by atoms with Crippen LogP contribution in [0.4, 0.5) is 0 Å². The summed E-state index contributed by atoms with van der Waals surface area (Å²) in [5, 5.41) is 13.5. The van der Waals surface area contributed by atoms with Crippen molar-refractivity contribution in [3.63, 3.8) is 0 Å². The smallest absolute Gasteiger partial charge is 0.680 e. The van der Waals surface area contributed by atoms with E-state index in [0.29, 0.717) is 25.2 Å². The van der Waals surface area contributed by atoms with E-state index in [1.807, 2.05) is 0 Å². The average Bonchev–Trinajstić information content (AvgIpc) is 2.15. The number of rotatable bonds is 4. The first-order valence-electron chi connectivity index (χ1n) is 5.53. The fraction of sp³-hybridized carbons (Fsp3) is 0.800. The number of carbonyl (C=O) groups excluding carboxylic acids is 2. The van der Waals surface area contributed by atoms with Crippen molar-refractivity contribution in [2.45, 2.75) is 32.4 Å². The molecule has 0 aliphatic heterocycles. The van der Waals surface area contributed by atoms with E-state index in [-0.39, 0.29) is 21.1 Å². The third-order valence-corrected chi connectivity index (χ3v) is 4.95. The Bertz CT molecular complexity index is 274. The first-order chi connectivity index (χ1) is 7.72. The van der Waals surface area contributed by atoms with E-state index >= 15 is 0 Å². The first-order valence-corrected chi connectivity index (χ1v) is 8.94. The van der Waals surface area contributed by atoms with Gasteiger partial charge in [-0.25, -0.2) is 0 Å². The molecule has 0 aromatic heterocycles. The van der Waals surface area contributed by atoms with Crippen LogP contribution in [-0.4, -0.2) is 42.6 Å². The van der Waals surface area contributed by atoms with Crippen LogP contribution < -0.4 is 0 Å². The van der Waals surface area contributed by atoms with Gasteiger partial charge in [0.15, 0.2) is 0 Å². The summed E-state index contributed by atoms with van der Waals surface area (Å²) in [6.07, 6.45) is 2.58. The summed E-state index contributed by atoms with van der Waals surface area (Å²) in [6.45, 7) is 4.12. The van der Waals surface area contributed by atoms with E-state index in [2.05, 4.69) is 13.1 Å². The summed E-state index contributed by atoms with van der Waals surface area (Å²) in [5.41, 5.74) is 12.7. The van der Waals surface area contributed by atoms with Gasteiger partial charge in [-0.15, -0.1) is 0 Å². The molecule has 0 spiro atoms. The fourth-order valence-electron chi connectivity index (χ4n) is 1.15. The maximum absolute atomic E-state index is 10.5. The average molecular weight is 457 g/mol. The Hall–Kier alpha value is -0.235. The van der Waals surface area contributed by atoms with Crippen LogP contribution in [0.25, 0.3) is 11.5 Å². The van der Waals surface area contributed by atoms with E-state index in [1.54, 1.807) is 0 Å². The van der Waals surface area contributed by atoms with Gasteiger partial charge in [0.1, 0.15) is 0 Å². The SMILES string of the molecule is C[Si](C)(C[NH-])C[NH-].O=C([OH2+])C1(C(=O)[OH2+])CCC1.[Pt+4]. The van der Waals surface area contributed by atoms with Crippen LogP contribution in [0.15, 0.2) is 0 Å². The van der Waals surface area contributed by atoms with Crippen molar-refractivity contribution in [1.82, 2.24) is 0 Å². The molecule has 0 radical (unpaired) electrons.